The van der Waals surface area contributed by atoms with Crippen LogP contribution in [0.5, 0.6) is 0 Å². The van der Waals surface area contributed by atoms with Gasteiger partial charge in [-0.05, 0) is 24.5 Å². The number of anilines is 1. The highest BCUT2D eigenvalue weighted by Gasteiger charge is 2.38. The molecule has 1 N–H and O–H groups in total. The van der Waals surface area contributed by atoms with Gasteiger partial charge in [0, 0.05) is 25.2 Å². The number of aliphatic hydroxyl groups is 1. The van der Waals surface area contributed by atoms with Crippen LogP contribution in [0.25, 0.3) is 0 Å². The highest BCUT2D eigenvalue weighted by Crippen LogP contribution is 2.29. The Morgan fingerprint density at radius 1 is 1.17 bits per heavy atom. The molecule has 0 aliphatic carbocycles. The Morgan fingerprint density at radius 3 is 2.39 bits per heavy atom. The predicted molar refractivity (Wildman–Crippen MR) is 63.7 cm³/mol. The molecule has 0 radical (unpaired) electrons. The van der Waals surface area contributed by atoms with Gasteiger partial charge in [-0.15, -0.1) is 0 Å². The molecular formula is C13H16F3NO. The third kappa shape index (κ3) is 2.96. The van der Waals surface area contributed by atoms with E-state index < -0.39 is 12.3 Å². The Balaban J connectivity index is 2.17. The summed E-state index contributed by atoms with van der Waals surface area (Å²) in [5.41, 5.74) is 1.38. The van der Waals surface area contributed by atoms with Gasteiger partial charge in [0.25, 0.3) is 0 Å². The topological polar surface area (TPSA) is 23.5 Å². The van der Waals surface area contributed by atoms with Crippen molar-refractivity contribution in [1.29, 1.82) is 0 Å². The zero-order valence-electron chi connectivity index (χ0n) is 9.95. The summed E-state index contributed by atoms with van der Waals surface area (Å²) in [7, 11) is 0. The van der Waals surface area contributed by atoms with Gasteiger partial charge in [-0.3, -0.25) is 0 Å². The molecule has 1 unspecified atom stereocenters. The molecule has 18 heavy (non-hydrogen) atoms. The summed E-state index contributed by atoms with van der Waals surface area (Å²) in [4.78, 5) is 2.08. The van der Waals surface area contributed by atoms with Crippen LogP contribution in [0.1, 0.15) is 18.4 Å². The number of hydrogen-bond acceptors (Lipinski definition) is 2. The number of hydrogen-bond donors (Lipinski definition) is 1. The number of halogens is 3. The number of rotatable bonds is 3. The van der Waals surface area contributed by atoms with Crippen molar-refractivity contribution in [2.24, 2.45) is 0 Å². The van der Waals surface area contributed by atoms with E-state index >= 15 is 0 Å². The summed E-state index contributed by atoms with van der Waals surface area (Å²) in [6.07, 6.45) is -5.10. The summed E-state index contributed by atoms with van der Waals surface area (Å²) in [5.74, 6) is 0. The summed E-state index contributed by atoms with van der Waals surface area (Å²) in [6, 6.07) is 7.00. The minimum absolute atomic E-state index is 0.379. The van der Waals surface area contributed by atoms with E-state index in [4.69, 9.17) is 5.11 Å². The molecule has 0 aromatic heterocycles. The molecule has 1 aromatic rings. The maximum atomic E-state index is 12.4. The van der Waals surface area contributed by atoms with Crippen molar-refractivity contribution >= 4 is 5.69 Å². The van der Waals surface area contributed by atoms with E-state index in [-0.39, 0.29) is 6.42 Å². The van der Waals surface area contributed by atoms with Crippen molar-refractivity contribution in [1.82, 2.24) is 0 Å². The first-order chi connectivity index (χ1) is 8.48. The SMILES string of the molecule is OC(Cc1ccccc1N1CCCC1)C(F)(F)F. The van der Waals surface area contributed by atoms with Gasteiger partial charge in [-0.25, -0.2) is 0 Å². The molecule has 2 rings (SSSR count). The Bertz CT molecular complexity index is 399. The molecule has 1 aromatic carbocycles. The summed E-state index contributed by atoms with van der Waals surface area (Å²) >= 11 is 0. The second kappa shape index (κ2) is 5.18. The van der Waals surface area contributed by atoms with Crippen molar-refractivity contribution in [2.45, 2.75) is 31.5 Å². The van der Waals surface area contributed by atoms with E-state index in [1.807, 2.05) is 12.1 Å². The highest BCUT2D eigenvalue weighted by atomic mass is 19.4. The summed E-state index contributed by atoms with van der Waals surface area (Å²) < 4.78 is 37.1. The number of aliphatic hydroxyl groups excluding tert-OH is 1. The van der Waals surface area contributed by atoms with Gasteiger partial charge in [0.15, 0.2) is 6.10 Å². The van der Waals surface area contributed by atoms with Crippen LogP contribution in [0.3, 0.4) is 0 Å². The zero-order valence-corrected chi connectivity index (χ0v) is 9.95. The molecule has 100 valence electrons. The molecule has 1 aliphatic rings. The van der Waals surface area contributed by atoms with E-state index in [0.717, 1.165) is 31.6 Å². The Kier molecular flexibility index (Phi) is 3.80. The van der Waals surface area contributed by atoms with Crippen molar-refractivity contribution in [3.8, 4) is 0 Å². The lowest BCUT2D eigenvalue weighted by Gasteiger charge is -2.23. The Labute approximate surface area is 104 Å². The number of alkyl halides is 3. The molecule has 1 saturated heterocycles. The largest absolute Gasteiger partial charge is 0.414 e. The lowest BCUT2D eigenvalue weighted by Crippen LogP contribution is -2.31. The molecule has 1 fully saturated rings. The molecule has 0 bridgehead atoms. The van der Waals surface area contributed by atoms with E-state index in [0.29, 0.717) is 5.56 Å². The van der Waals surface area contributed by atoms with Gasteiger partial charge >= 0.3 is 6.18 Å². The fraction of sp³-hybridized carbons (Fsp3) is 0.538. The third-order valence-corrected chi connectivity index (χ3v) is 3.23. The average Bonchev–Trinajstić information content (AvgIpc) is 2.82. The predicted octanol–water partition coefficient (Wildman–Crippen LogP) is 2.75. The van der Waals surface area contributed by atoms with Crippen molar-refractivity contribution in [2.75, 3.05) is 18.0 Å². The monoisotopic (exact) mass is 259 g/mol. The molecule has 0 saturated carbocycles. The second-order valence-corrected chi connectivity index (χ2v) is 4.58. The van der Waals surface area contributed by atoms with E-state index in [1.54, 1.807) is 12.1 Å². The first-order valence-corrected chi connectivity index (χ1v) is 6.06. The van der Waals surface area contributed by atoms with Crippen LogP contribution < -0.4 is 4.90 Å². The summed E-state index contributed by atoms with van der Waals surface area (Å²) in [6.45, 7) is 1.75. The fourth-order valence-electron chi connectivity index (χ4n) is 2.27. The maximum absolute atomic E-state index is 12.4. The molecule has 0 amide bonds. The molecule has 5 heteroatoms. The van der Waals surface area contributed by atoms with E-state index in [2.05, 4.69) is 4.90 Å². The van der Waals surface area contributed by atoms with Gasteiger partial charge in [0.1, 0.15) is 0 Å². The number of para-hydroxylation sites is 1. The van der Waals surface area contributed by atoms with Crippen LogP contribution >= 0.6 is 0 Å². The minimum atomic E-state index is -4.56. The average molecular weight is 259 g/mol. The van der Waals surface area contributed by atoms with Crippen molar-refractivity contribution in [3.05, 3.63) is 29.8 Å². The Hall–Kier alpha value is -1.23. The molecule has 2 nitrogen and oxygen atoms in total. The van der Waals surface area contributed by atoms with Gasteiger partial charge in [0.05, 0.1) is 0 Å². The summed E-state index contributed by atoms with van der Waals surface area (Å²) in [5, 5.41) is 9.16. The van der Waals surface area contributed by atoms with Crippen LogP contribution in [-0.4, -0.2) is 30.5 Å². The highest BCUT2D eigenvalue weighted by molar-refractivity contribution is 5.54. The molecule has 1 atom stereocenters. The first kappa shape index (κ1) is 13.2. The van der Waals surface area contributed by atoms with E-state index in [9.17, 15) is 13.2 Å². The van der Waals surface area contributed by atoms with Crippen molar-refractivity contribution in [3.63, 3.8) is 0 Å². The standard InChI is InChI=1S/C13H16F3NO/c14-13(15,16)12(18)9-10-5-1-2-6-11(10)17-7-3-4-8-17/h1-2,5-6,12,18H,3-4,7-9H2. The van der Waals surface area contributed by atoms with Crippen LogP contribution in [0.2, 0.25) is 0 Å². The van der Waals surface area contributed by atoms with Gasteiger partial charge in [0.2, 0.25) is 0 Å². The molecule has 1 aliphatic heterocycles. The number of benzene rings is 1. The fourth-order valence-corrected chi connectivity index (χ4v) is 2.27. The van der Waals surface area contributed by atoms with Crippen LogP contribution in [0.15, 0.2) is 24.3 Å². The first-order valence-electron chi connectivity index (χ1n) is 6.06. The maximum Gasteiger partial charge on any atom is 0.414 e. The van der Waals surface area contributed by atoms with Gasteiger partial charge in [-0.1, -0.05) is 18.2 Å². The van der Waals surface area contributed by atoms with Crippen molar-refractivity contribution < 1.29 is 18.3 Å². The Morgan fingerprint density at radius 2 is 1.78 bits per heavy atom. The quantitative estimate of drug-likeness (QED) is 0.902. The van der Waals surface area contributed by atoms with Crippen LogP contribution in [0.4, 0.5) is 18.9 Å². The van der Waals surface area contributed by atoms with Crippen LogP contribution in [0, 0.1) is 0 Å². The third-order valence-electron chi connectivity index (χ3n) is 3.23. The number of nitrogens with zero attached hydrogens (tertiary/aromatic N) is 1. The van der Waals surface area contributed by atoms with Gasteiger partial charge < -0.3 is 10.0 Å². The second-order valence-electron chi connectivity index (χ2n) is 4.58. The molecular weight excluding hydrogens is 243 g/mol. The lowest BCUT2D eigenvalue weighted by molar-refractivity contribution is -0.203. The smallest absolute Gasteiger partial charge is 0.383 e. The zero-order chi connectivity index (χ0) is 13.2. The van der Waals surface area contributed by atoms with Gasteiger partial charge in [-0.2, -0.15) is 13.2 Å². The van der Waals surface area contributed by atoms with E-state index in [1.165, 1.54) is 0 Å². The normalized spacial score (nSPS) is 18.1. The lowest BCUT2D eigenvalue weighted by atomic mass is 10.0. The van der Waals surface area contributed by atoms with Crippen LogP contribution in [-0.2, 0) is 6.42 Å². The minimum Gasteiger partial charge on any atom is -0.383 e. The molecule has 1 heterocycles. The molecule has 0 spiro atoms.